The third kappa shape index (κ3) is 4.31. The number of aromatic nitrogens is 2. The second kappa shape index (κ2) is 8.63. The quantitative estimate of drug-likeness (QED) is 0.487. The molecule has 0 spiro atoms. The number of aromatic hydroxyl groups is 1. The van der Waals surface area contributed by atoms with Gasteiger partial charge in [0, 0.05) is 11.6 Å². The zero-order chi connectivity index (χ0) is 20.1. The summed E-state index contributed by atoms with van der Waals surface area (Å²) in [5, 5.41) is 15.0. The van der Waals surface area contributed by atoms with Gasteiger partial charge in [-0.1, -0.05) is 60.7 Å². The number of hydrogen-bond acceptors (Lipinski definition) is 4. The standard InChI is InChI=1S/C24H22N2O3/c1-28-21-13-11-19(12-14-21)22-9-5-6-10-23(22)26-24(27)15-20(25-26)17-29-16-18-7-3-2-4-8-18/h2-15,27H,16-17H2,1H3. The molecule has 1 heterocycles. The number of rotatable bonds is 7. The van der Waals surface area contributed by atoms with Gasteiger partial charge in [0.25, 0.3) is 0 Å². The summed E-state index contributed by atoms with van der Waals surface area (Å²) in [6, 6.07) is 27.2. The zero-order valence-electron chi connectivity index (χ0n) is 16.2. The molecule has 0 aliphatic rings. The normalized spacial score (nSPS) is 10.8. The third-order valence-electron chi connectivity index (χ3n) is 4.64. The molecule has 4 aromatic rings. The number of ether oxygens (including phenoxy) is 2. The lowest BCUT2D eigenvalue weighted by atomic mass is 10.0. The van der Waals surface area contributed by atoms with E-state index in [2.05, 4.69) is 5.10 Å². The summed E-state index contributed by atoms with van der Waals surface area (Å²) >= 11 is 0. The predicted octanol–water partition coefficient (Wildman–Crippen LogP) is 4.97. The molecule has 0 bridgehead atoms. The van der Waals surface area contributed by atoms with Crippen LogP contribution >= 0.6 is 0 Å². The molecule has 5 heteroatoms. The highest BCUT2D eigenvalue weighted by Gasteiger charge is 2.13. The minimum atomic E-state index is 0.0734. The minimum absolute atomic E-state index is 0.0734. The number of benzene rings is 3. The molecular weight excluding hydrogens is 364 g/mol. The Morgan fingerprint density at radius 2 is 1.59 bits per heavy atom. The summed E-state index contributed by atoms with van der Waals surface area (Å²) in [5.74, 6) is 0.871. The molecule has 29 heavy (non-hydrogen) atoms. The van der Waals surface area contributed by atoms with Crippen molar-refractivity contribution < 1.29 is 14.6 Å². The smallest absolute Gasteiger partial charge is 0.214 e. The molecule has 1 N–H and O–H groups in total. The van der Waals surface area contributed by atoms with Gasteiger partial charge in [0.2, 0.25) is 5.88 Å². The third-order valence-corrected chi connectivity index (χ3v) is 4.64. The highest BCUT2D eigenvalue weighted by Crippen LogP contribution is 2.30. The topological polar surface area (TPSA) is 56.5 Å². The SMILES string of the molecule is COc1ccc(-c2ccccc2-n2nc(COCc3ccccc3)cc2O)cc1. The van der Waals surface area contributed by atoms with Crippen molar-refractivity contribution in [2.45, 2.75) is 13.2 Å². The summed E-state index contributed by atoms with van der Waals surface area (Å²) < 4.78 is 12.5. The first-order valence-corrected chi connectivity index (χ1v) is 9.38. The van der Waals surface area contributed by atoms with Crippen LogP contribution in [0.2, 0.25) is 0 Å². The van der Waals surface area contributed by atoms with Crippen LogP contribution in [0, 0.1) is 0 Å². The van der Waals surface area contributed by atoms with E-state index in [1.54, 1.807) is 17.9 Å². The van der Waals surface area contributed by atoms with Crippen molar-refractivity contribution >= 4 is 0 Å². The van der Waals surface area contributed by atoms with Gasteiger partial charge in [-0.05, 0) is 29.3 Å². The molecule has 0 saturated carbocycles. The molecule has 0 saturated heterocycles. The molecule has 146 valence electrons. The average Bonchev–Trinajstić information content (AvgIpc) is 3.15. The van der Waals surface area contributed by atoms with Crippen molar-refractivity contribution in [2.75, 3.05) is 7.11 Å². The number of para-hydroxylation sites is 1. The predicted molar refractivity (Wildman–Crippen MR) is 112 cm³/mol. The lowest BCUT2D eigenvalue weighted by Crippen LogP contribution is -2.01. The van der Waals surface area contributed by atoms with Gasteiger partial charge in [0.15, 0.2) is 0 Å². The fourth-order valence-electron chi connectivity index (χ4n) is 3.19. The molecule has 0 amide bonds. The summed E-state index contributed by atoms with van der Waals surface area (Å²) in [6.07, 6.45) is 0. The lowest BCUT2D eigenvalue weighted by molar-refractivity contribution is 0.104. The van der Waals surface area contributed by atoms with E-state index in [9.17, 15) is 5.11 Å². The van der Waals surface area contributed by atoms with E-state index in [1.807, 2.05) is 78.9 Å². The summed E-state index contributed by atoms with van der Waals surface area (Å²) in [6.45, 7) is 0.817. The van der Waals surface area contributed by atoms with Crippen LogP contribution in [0.15, 0.2) is 84.9 Å². The number of methoxy groups -OCH3 is 1. The zero-order valence-corrected chi connectivity index (χ0v) is 16.2. The molecule has 0 unspecified atom stereocenters. The van der Waals surface area contributed by atoms with Gasteiger partial charge in [0.1, 0.15) is 5.75 Å². The maximum Gasteiger partial charge on any atom is 0.214 e. The molecule has 5 nitrogen and oxygen atoms in total. The summed E-state index contributed by atoms with van der Waals surface area (Å²) in [5.41, 5.74) is 4.54. The number of nitrogens with zero attached hydrogens (tertiary/aromatic N) is 2. The van der Waals surface area contributed by atoms with Crippen LogP contribution in [0.3, 0.4) is 0 Å². The Bertz CT molecular complexity index is 1070. The van der Waals surface area contributed by atoms with E-state index >= 15 is 0 Å². The van der Waals surface area contributed by atoms with Crippen LogP contribution in [-0.4, -0.2) is 22.0 Å². The Balaban J connectivity index is 1.56. The molecule has 4 rings (SSSR count). The first-order valence-electron chi connectivity index (χ1n) is 9.38. The monoisotopic (exact) mass is 386 g/mol. The van der Waals surface area contributed by atoms with E-state index < -0.39 is 0 Å². The second-order valence-corrected chi connectivity index (χ2v) is 6.63. The molecule has 0 fully saturated rings. The van der Waals surface area contributed by atoms with E-state index in [4.69, 9.17) is 9.47 Å². The molecule has 1 aromatic heterocycles. The van der Waals surface area contributed by atoms with Crippen molar-refractivity contribution in [3.63, 3.8) is 0 Å². The Hall–Kier alpha value is -3.57. The fraction of sp³-hybridized carbons (Fsp3) is 0.125. The van der Waals surface area contributed by atoms with Crippen LogP contribution in [0.1, 0.15) is 11.3 Å². The lowest BCUT2D eigenvalue weighted by Gasteiger charge is -2.11. The molecule has 0 radical (unpaired) electrons. The molecule has 3 aromatic carbocycles. The highest BCUT2D eigenvalue weighted by molar-refractivity contribution is 5.73. The van der Waals surface area contributed by atoms with Crippen LogP contribution in [-0.2, 0) is 18.0 Å². The molecule has 0 aliphatic carbocycles. The highest BCUT2D eigenvalue weighted by atomic mass is 16.5. The summed E-state index contributed by atoms with van der Waals surface area (Å²) in [4.78, 5) is 0. The van der Waals surface area contributed by atoms with Gasteiger partial charge in [0.05, 0.1) is 31.7 Å². The van der Waals surface area contributed by atoms with Gasteiger partial charge in [-0.3, -0.25) is 0 Å². The van der Waals surface area contributed by atoms with E-state index in [1.165, 1.54) is 0 Å². The van der Waals surface area contributed by atoms with Gasteiger partial charge < -0.3 is 14.6 Å². The van der Waals surface area contributed by atoms with Gasteiger partial charge in [-0.2, -0.15) is 5.10 Å². The van der Waals surface area contributed by atoms with Crippen molar-refractivity contribution in [2.24, 2.45) is 0 Å². The number of hydrogen-bond donors (Lipinski definition) is 1. The first-order chi connectivity index (χ1) is 14.2. The molecular formula is C24H22N2O3. The van der Waals surface area contributed by atoms with Gasteiger partial charge in [-0.25, -0.2) is 4.68 Å². The van der Waals surface area contributed by atoms with Crippen LogP contribution in [0.5, 0.6) is 11.6 Å². The maximum absolute atomic E-state index is 10.5. The summed E-state index contributed by atoms with van der Waals surface area (Å²) in [7, 11) is 1.64. The van der Waals surface area contributed by atoms with Crippen molar-refractivity contribution in [1.82, 2.24) is 9.78 Å². The van der Waals surface area contributed by atoms with Crippen molar-refractivity contribution in [3.8, 4) is 28.4 Å². The minimum Gasteiger partial charge on any atom is -0.497 e. The largest absolute Gasteiger partial charge is 0.497 e. The van der Waals surface area contributed by atoms with E-state index in [0.29, 0.717) is 18.9 Å². The van der Waals surface area contributed by atoms with E-state index in [-0.39, 0.29) is 5.88 Å². The molecule has 0 atom stereocenters. The van der Waals surface area contributed by atoms with Crippen LogP contribution < -0.4 is 4.74 Å². The maximum atomic E-state index is 10.5. The molecule has 0 aliphatic heterocycles. The van der Waals surface area contributed by atoms with Crippen molar-refractivity contribution in [1.29, 1.82) is 0 Å². The Morgan fingerprint density at radius 3 is 2.34 bits per heavy atom. The Kier molecular flexibility index (Phi) is 5.59. The van der Waals surface area contributed by atoms with Gasteiger partial charge >= 0.3 is 0 Å². The Morgan fingerprint density at radius 1 is 0.862 bits per heavy atom. The van der Waals surface area contributed by atoms with Crippen LogP contribution in [0.4, 0.5) is 0 Å². The average molecular weight is 386 g/mol. The first kappa shape index (κ1) is 18.8. The van der Waals surface area contributed by atoms with E-state index in [0.717, 1.165) is 28.1 Å². The second-order valence-electron chi connectivity index (χ2n) is 6.63. The van der Waals surface area contributed by atoms with Crippen LogP contribution in [0.25, 0.3) is 16.8 Å². The fourth-order valence-corrected chi connectivity index (χ4v) is 3.19. The Labute approximate surface area is 169 Å². The van der Waals surface area contributed by atoms with Crippen molar-refractivity contribution in [3.05, 3.63) is 96.2 Å². The van der Waals surface area contributed by atoms with Gasteiger partial charge in [-0.15, -0.1) is 0 Å².